The summed E-state index contributed by atoms with van der Waals surface area (Å²) < 4.78 is 10.5. The van der Waals surface area contributed by atoms with Gasteiger partial charge in [-0.2, -0.15) is 0 Å². The lowest BCUT2D eigenvalue weighted by Crippen LogP contribution is -2.39. The van der Waals surface area contributed by atoms with E-state index in [-0.39, 0.29) is 19.1 Å². The van der Waals surface area contributed by atoms with Crippen molar-refractivity contribution in [3.05, 3.63) is 28.8 Å². The summed E-state index contributed by atoms with van der Waals surface area (Å²) in [5.74, 6) is 4.98. The van der Waals surface area contributed by atoms with E-state index in [9.17, 15) is 4.79 Å². The summed E-state index contributed by atoms with van der Waals surface area (Å²) >= 11 is 6.03. The molecule has 1 aromatic rings. The van der Waals surface area contributed by atoms with E-state index < -0.39 is 6.10 Å². The van der Waals surface area contributed by atoms with Crippen LogP contribution in [0, 0.1) is 11.8 Å². The van der Waals surface area contributed by atoms with Crippen molar-refractivity contribution < 1.29 is 19.4 Å². The van der Waals surface area contributed by atoms with E-state index in [4.69, 9.17) is 26.2 Å². The van der Waals surface area contributed by atoms with Crippen LogP contribution in [0.1, 0.15) is 5.56 Å². The SMILES string of the molecule is O=C(Nc1cc(C#CCO)ccc1Cl)C1COCCO1. The fourth-order valence-electron chi connectivity index (χ4n) is 1.69. The third-order valence-electron chi connectivity index (χ3n) is 2.64. The number of rotatable bonds is 2. The summed E-state index contributed by atoms with van der Waals surface area (Å²) in [6.45, 7) is 0.898. The van der Waals surface area contributed by atoms with Crippen molar-refractivity contribution in [2.24, 2.45) is 0 Å². The Balaban J connectivity index is 2.09. The third kappa shape index (κ3) is 3.95. The fraction of sp³-hybridized carbons (Fsp3) is 0.357. The molecule has 1 aliphatic rings. The molecule has 0 spiro atoms. The Morgan fingerprint density at radius 2 is 2.35 bits per heavy atom. The summed E-state index contributed by atoms with van der Waals surface area (Å²) in [5.41, 5.74) is 1.11. The maximum Gasteiger partial charge on any atom is 0.255 e. The number of anilines is 1. The highest BCUT2D eigenvalue weighted by molar-refractivity contribution is 6.33. The first-order valence-electron chi connectivity index (χ1n) is 6.10. The van der Waals surface area contributed by atoms with Gasteiger partial charge in [0.1, 0.15) is 6.61 Å². The first kappa shape index (κ1) is 14.8. The second kappa shape index (κ2) is 7.27. The average molecular weight is 296 g/mol. The third-order valence-corrected chi connectivity index (χ3v) is 2.97. The van der Waals surface area contributed by atoms with Gasteiger partial charge in [0.05, 0.1) is 30.5 Å². The van der Waals surface area contributed by atoms with E-state index in [2.05, 4.69) is 17.2 Å². The quantitative estimate of drug-likeness (QED) is 0.800. The molecule has 1 saturated heterocycles. The normalized spacial score (nSPS) is 18.0. The van der Waals surface area contributed by atoms with E-state index in [0.717, 1.165) is 0 Å². The Labute approximate surface area is 121 Å². The van der Waals surface area contributed by atoms with Crippen LogP contribution in [0.2, 0.25) is 5.02 Å². The van der Waals surface area contributed by atoms with E-state index >= 15 is 0 Å². The highest BCUT2D eigenvalue weighted by Crippen LogP contribution is 2.23. The smallest absolute Gasteiger partial charge is 0.255 e. The van der Waals surface area contributed by atoms with Crippen molar-refractivity contribution in [1.29, 1.82) is 0 Å². The molecular formula is C14H14ClNO4. The van der Waals surface area contributed by atoms with Crippen LogP contribution in [-0.4, -0.2) is 43.5 Å². The minimum absolute atomic E-state index is 0.225. The predicted octanol–water partition coefficient (Wildman–Crippen LogP) is 1.04. The van der Waals surface area contributed by atoms with Crippen molar-refractivity contribution >= 4 is 23.2 Å². The number of ether oxygens (including phenoxy) is 2. The van der Waals surface area contributed by atoms with Crippen LogP contribution in [0.3, 0.4) is 0 Å². The van der Waals surface area contributed by atoms with Gasteiger partial charge in [-0.05, 0) is 18.2 Å². The Bertz CT molecular complexity index is 544. The first-order valence-corrected chi connectivity index (χ1v) is 6.48. The summed E-state index contributed by atoms with van der Waals surface area (Å²) in [5, 5.41) is 11.8. The second-order valence-corrected chi connectivity index (χ2v) is 4.49. The van der Waals surface area contributed by atoms with Gasteiger partial charge < -0.3 is 19.9 Å². The van der Waals surface area contributed by atoms with E-state index in [0.29, 0.717) is 29.5 Å². The van der Waals surface area contributed by atoms with Crippen molar-refractivity contribution in [3.63, 3.8) is 0 Å². The maximum absolute atomic E-state index is 12.0. The number of benzene rings is 1. The Morgan fingerprint density at radius 1 is 1.50 bits per heavy atom. The molecule has 0 aliphatic carbocycles. The fourth-order valence-corrected chi connectivity index (χ4v) is 1.86. The number of aliphatic hydroxyl groups is 1. The zero-order valence-corrected chi connectivity index (χ0v) is 11.4. The molecule has 0 aromatic heterocycles. The van der Waals surface area contributed by atoms with Crippen molar-refractivity contribution in [3.8, 4) is 11.8 Å². The lowest BCUT2D eigenvalue weighted by molar-refractivity contribution is -0.142. The molecule has 0 bridgehead atoms. The molecule has 1 atom stereocenters. The average Bonchev–Trinajstić information content (AvgIpc) is 2.49. The molecule has 6 heteroatoms. The summed E-state index contributed by atoms with van der Waals surface area (Å²) in [6, 6.07) is 4.99. The predicted molar refractivity (Wildman–Crippen MR) is 74.6 cm³/mol. The topological polar surface area (TPSA) is 67.8 Å². The number of aliphatic hydroxyl groups excluding tert-OH is 1. The second-order valence-electron chi connectivity index (χ2n) is 4.08. The van der Waals surface area contributed by atoms with Gasteiger partial charge in [0.25, 0.3) is 5.91 Å². The molecule has 1 aliphatic heterocycles. The number of hydrogen-bond donors (Lipinski definition) is 2. The number of carbonyl (C=O) groups excluding carboxylic acids is 1. The summed E-state index contributed by atoms with van der Waals surface area (Å²) in [4.78, 5) is 12.0. The van der Waals surface area contributed by atoms with Crippen molar-refractivity contribution in [2.75, 3.05) is 31.7 Å². The van der Waals surface area contributed by atoms with Gasteiger partial charge >= 0.3 is 0 Å². The largest absolute Gasteiger partial charge is 0.384 e. The first-order chi connectivity index (χ1) is 9.70. The molecule has 0 radical (unpaired) electrons. The molecule has 2 N–H and O–H groups in total. The monoisotopic (exact) mass is 295 g/mol. The minimum Gasteiger partial charge on any atom is -0.384 e. The molecule has 1 fully saturated rings. The van der Waals surface area contributed by atoms with Crippen LogP contribution in [0.15, 0.2) is 18.2 Å². The Hall–Kier alpha value is -1.58. The molecule has 20 heavy (non-hydrogen) atoms. The highest BCUT2D eigenvalue weighted by atomic mass is 35.5. The molecule has 0 saturated carbocycles. The molecule has 1 aromatic carbocycles. The summed E-state index contributed by atoms with van der Waals surface area (Å²) in [7, 11) is 0. The van der Waals surface area contributed by atoms with E-state index in [1.54, 1.807) is 18.2 Å². The zero-order valence-electron chi connectivity index (χ0n) is 10.7. The Kier molecular flexibility index (Phi) is 5.39. The van der Waals surface area contributed by atoms with E-state index in [1.807, 2.05) is 0 Å². The molecule has 1 amide bonds. The van der Waals surface area contributed by atoms with Crippen LogP contribution < -0.4 is 5.32 Å². The van der Waals surface area contributed by atoms with Crippen LogP contribution in [0.25, 0.3) is 0 Å². The summed E-state index contributed by atoms with van der Waals surface area (Å²) in [6.07, 6.45) is -0.632. The van der Waals surface area contributed by atoms with Crippen LogP contribution >= 0.6 is 11.6 Å². The highest BCUT2D eigenvalue weighted by Gasteiger charge is 2.23. The number of nitrogens with one attached hydrogen (secondary N) is 1. The molecule has 1 unspecified atom stereocenters. The van der Waals surface area contributed by atoms with Crippen LogP contribution in [0.4, 0.5) is 5.69 Å². The molecule has 2 rings (SSSR count). The number of amides is 1. The van der Waals surface area contributed by atoms with Crippen LogP contribution in [-0.2, 0) is 14.3 Å². The number of carbonyl (C=O) groups is 1. The minimum atomic E-state index is -0.632. The molecule has 1 heterocycles. The number of hydrogen-bond acceptors (Lipinski definition) is 4. The van der Waals surface area contributed by atoms with Gasteiger partial charge in [-0.25, -0.2) is 0 Å². The van der Waals surface area contributed by atoms with Crippen molar-refractivity contribution in [2.45, 2.75) is 6.10 Å². The van der Waals surface area contributed by atoms with Crippen LogP contribution in [0.5, 0.6) is 0 Å². The van der Waals surface area contributed by atoms with Gasteiger partial charge in [-0.3, -0.25) is 4.79 Å². The van der Waals surface area contributed by atoms with Crippen molar-refractivity contribution in [1.82, 2.24) is 0 Å². The molecular weight excluding hydrogens is 282 g/mol. The van der Waals surface area contributed by atoms with Gasteiger partial charge in [0, 0.05) is 5.56 Å². The lowest BCUT2D eigenvalue weighted by atomic mass is 10.2. The zero-order chi connectivity index (χ0) is 14.4. The Morgan fingerprint density at radius 3 is 3.05 bits per heavy atom. The standard InChI is InChI=1S/C14H14ClNO4/c15-11-4-3-10(2-1-5-17)8-12(11)16-14(18)13-9-19-6-7-20-13/h3-4,8,13,17H,5-7,9H2,(H,16,18). The van der Waals surface area contributed by atoms with Gasteiger partial charge in [0.15, 0.2) is 6.10 Å². The molecule has 5 nitrogen and oxygen atoms in total. The maximum atomic E-state index is 12.0. The lowest BCUT2D eigenvalue weighted by Gasteiger charge is -2.22. The van der Waals surface area contributed by atoms with Gasteiger partial charge in [-0.1, -0.05) is 23.4 Å². The van der Waals surface area contributed by atoms with Gasteiger partial charge in [-0.15, -0.1) is 0 Å². The number of halogens is 1. The van der Waals surface area contributed by atoms with Gasteiger partial charge in [0.2, 0.25) is 0 Å². The molecule has 106 valence electrons. The van der Waals surface area contributed by atoms with E-state index in [1.165, 1.54) is 0 Å².